The van der Waals surface area contributed by atoms with E-state index < -0.39 is 4.92 Å². The number of anilines is 1. The van der Waals surface area contributed by atoms with Gasteiger partial charge in [0.05, 0.1) is 10.6 Å². The maximum atomic E-state index is 12.1. The standard InChI is InChI=1S/C17H18N6O3S/c1-12-8-14(23(25)26)10-18-16(12)21-4-2-20(3-5-21)11-13-9-15(24)22-6-7-27-17(22)19-13/h6-10H,2-5,11H2,1H3. The smallest absolute Gasteiger partial charge is 0.287 e. The third-order valence-electron chi connectivity index (χ3n) is 4.66. The monoisotopic (exact) mass is 386 g/mol. The molecule has 0 amide bonds. The number of nitrogens with zero attached hydrogens (tertiary/aromatic N) is 6. The predicted octanol–water partition coefficient (Wildman–Crippen LogP) is 1.69. The third kappa shape index (κ3) is 3.53. The molecule has 1 saturated heterocycles. The van der Waals surface area contributed by atoms with Gasteiger partial charge in [-0.3, -0.25) is 24.2 Å². The molecule has 27 heavy (non-hydrogen) atoms. The Morgan fingerprint density at radius 3 is 2.74 bits per heavy atom. The number of aryl methyl sites for hydroxylation is 1. The van der Waals surface area contributed by atoms with Crippen molar-refractivity contribution in [3.63, 3.8) is 0 Å². The number of rotatable bonds is 4. The van der Waals surface area contributed by atoms with Crippen LogP contribution in [0.25, 0.3) is 4.96 Å². The molecule has 0 aromatic carbocycles. The largest absolute Gasteiger partial charge is 0.354 e. The molecular weight excluding hydrogens is 368 g/mol. The van der Waals surface area contributed by atoms with Gasteiger partial charge < -0.3 is 4.90 Å². The number of pyridine rings is 1. The Kier molecular flexibility index (Phi) is 4.58. The van der Waals surface area contributed by atoms with Crippen LogP contribution in [0.15, 0.2) is 34.7 Å². The molecule has 0 unspecified atom stereocenters. The van der Waals surface area contributed by atoms with E-state index in [0.717, 1.165) is 43.3 Å². The van der Waals surface area contributed by atoms with Crippen molar-refractivity contribution in [3.8, 4) is 0 Å². The Labute approximate surface area is 158 Å². The summed E-state index contributed by atoms with van der Waals surface area (Å²) in [4.78, 5) is 36.5. The molecule has 4 rings (SSSR count). The first-order valence-corrected chi connectivity index (χ1v) is 9.43. The number of thiazole rings is 1. The molecular formula is C17H18N6O3S. The number of aromatic nitrogens is 3. The van der Waals surface area contributed by atoms with Crippen LogP contribution in [0, 0.1) is 17.0 Å². The third-order valence-corrected chi connectivity index (χ3v) is 5.42. The summed E-state index contributed by atoms with van der Waals surface area (Å²) in [5.41, 5.74) is 1.54. The summed E-state index contributed by atoms with van der Waals surface area (Å²) in [7, 11) is 0. The summed E-state index contributed by atoms with van der Waals surface area (Å²) in [6.07, 6.45) is 3.04. The first kappa shape index (κ1) is 17.6. The summed E-state index contributed by atoms with van der Waals surface area (Å²) in [5, 5.41) is 12.7. The highest BCUT2D eigenvalue weighted by Gasteiger charge is 2.21. The summed E-state index contributed by atoms with van der Waals surface area (Å²) < 4.78 is 1.55. The van der Waals surface area contributed by atoms with E-state index in [9.17, 15) is 14.9 Å². The highest BCUT2D eigenvalue weighted by atomic mass is 32.1. The van der Waals surface area contributed by atoms with Crippen molar-refractivity contribution >= 4 is 27.8 Å². The molecule has 0 atom stereocenters. The first-order valence-electron chi connectivity index (χ1n) is 8.55. The van der Waals surface area contributed by atoms with Crippen molar-refractivity contribution in [2.75, 3.05) is 31.1 Å². The lowest BCUT2D eigenvalue weighted by Crippen LogP contribution is -2.46. The van der Waals surface area contributed by atoms with Crippen LogP contribution in [0.1, 0.15) is 11.3 Å². The molecule has 3 aromatic rings. The molecule has 0 aliphatic carbocycles. The van der Waals surface area contributed by atoms with Gasteiger partial charge in [-0.15, -0.1) is 11.3 Å². The summed E-state index contributed by atoms with van der Waals surface area (Å²) >= 11 is 1.45. The lowest BCUT2D eigenvalue weighted by Gasteiger charge is -2.35. The van der Waals surface area contributed by atoms with Crippen LogP contribution in [-0.2, 0) is 6.54 Å². The van der Waals surface area contributed by atoms with Crippen LogP contribution < -0.4 is 10.5 Å². The molecule has 1 aliphatic heterocycles. The van der Waals surface area contributed by atoms with Gasteiger partial charge in [0.1, 0.15) is 12.0 Å². The van der Waals surface area contributed by atoms with Gasteiger partial charge in [-0.2, -0.15) is 0 Å². The van der Waals surface area contributed by atoms with Gasteiger partial charge in [-0.1, -0.05) is 0 Å². The Bertz CT molecular complexity index is 1050. The number of hydrogen-bond donors (Lipinski definition) is 0. The average molecular weight is 386 g/mol. The van der Waals surface area contributed by atoms with E-state index in [4.69, 9.17) is 0 Å². The molecule has 0 N–H and O–H groups in total. The van der Waals surface area contributed by atoms with E-state index in [1.807, 2.05) is 12.3 Å². The molecule has 140 valence electrons. The second-order valence-electron chi connectivity index (χ2n) is 6.50. The summed E-state index contributed by atoms with van der Waals surface area (Å²) in [5.74, 6) is 0.789. The van der Waals surface area contributed by atoms with E-state index in [1.54, 1.807) is 22.7 Å². The minimum atomic E-state index is -0.429. The molecule has 4 heterocycles. The van der Waals surface area contributed by atoms with Gasteiger partial charge >= 0.3 is 0 Å². The van der Waals surface area contributed by atoms with Crippen molar-refractivity contribution in [2.24, 2.45) is 0 Å². The Morgan fingerprint density at radius 1 is 1.26 bits per heavy atom. The fraction of sp³-hybridized carbons (Fsp3) is 0.353. The van der Waals surface area contributed by atoms with Gasteiger partial charge in [0.15, 0.2) is 4.96 Å². The van der Waals surface area contributed by atoms with Crippen molar-refractivity contribution < 1.29 is 4.92 Å². The molecule has 0 radical (unpaired) electrons. The lowest BCUT2D eigenvalue weighted by molar-refractivity contribution is -0.385. The minimum Gasteiger partial charge on any atom is -0.354 e. The molecule has 10 heteroatoms. The van der Waals surface area contributed by atoms with E-state index in [1.165, 1.54) is 17.5 Å². The normalized spacial score (nSPS) is 15.4. The molecule has 1 aliphatic rings. The van der Waals surface area contributed by atoms with Crippen LogP contribution in [0.5, 0.6) is 0 Å². The zero-order valence-corrected chi connectivity index (χ0v) is 15.6. The average Bonchev–Trinajstić information content (AvgIpc) is 3.11. The fourth-order valence-electron chi connectivity index (χ4n) is 3.30. The van der Waals surface area contributed by atoms with E-state index >= 15 is 0 Å². The van der Waals surface area contributed by atoms with Crippen molar-refractivity contribution in [1.29, 1.82) is 0 Å². The molecule has 0 saturated carbocycles. The van der Waals surface area contributed by atoms with Crippen LogP contribution in [-0.4, -0.2) is 50.4 Å². The van der Waals surface area contributed by atoms with Crippen LogP contribution in [0.3, 0.4) is 0 Å². The fourth-order valence-corrected chi connectivity index (χ4v) is 4.04. The minimum absolute atomic E-state index is 0.0104. The maximum Gasteiger partial charge on any atom is 0.287 e. The van der Waals surface area contributed by atoms with Crippen LogP contribution in [0.4, 0.5) is 11.5 Å². The van der Waals surface area contributed by atoms with E-state index in [-0.39, 0.29) is 11.2 Å². The maximum absolute atomic E-state index is 12.1. The van der Waals surface area contributed by atoms with Crippen LogP contribution >= 0.6 is 11.3 Å². The molecule has 1 fully saturated rings. The van der Waals surface area contributed by atoms with Gasteiger partial charge in [0.25, 0.3) is 11.2 Å². The second kappa shape index (κ2) is 7.05. The lowest BCUT2D eigenvalue weighted by atomic mass is 10.2. The van der Waals surface area contributed by atoms with E-state index in [2.05, 4.69) is 19.8 Å². The molecule has 9 nitrogen and oxygen atoms in total. The van der Waals surface area contributed by atoms with Crippen LogP contribution in [0.2, 0.25) is 0 Å². The first-order chi connectivity index (χ1) is 13.0. The van der Waals surface area contributed by atoms with Crippen molar-refractivity contribution in [1.82, 2.24) is 19.3 Å². The van der Waals surface area contributed by atoms with Gasteiger partial charge in [-0.25, -0.2) is 9.97 Å². The Hall–Kier alpha value is -2.85. The SMILES string of the molecule is Cc1cc([N+](=O)[O-])cnc1N1CCN(Cc2cc(=O)n3ccsc3n2)CC1. The highest BCUT2D eigenvalue weighted by molar-refractivity contribution is 7.15. The van der Waals surface area contributed by atoms with E-state index in [0.29, 0.717) is 11.5 Å². The second-order valence-corrected chi connectivity index (χ2v) is 7.37. The summed E-state index contributed by atoms with van der Waals surface area (Å²) in [6, 6.07) is 3.15. The quantitative estimate of drug-likeness (QED) is 0.497. The highest BCUT2D eigenvalue weighted by Crippen LogP contribution is 2.23. The van der Waals surface area contributed by atoms with Gasteiger partial charge in [-0.05, 0) is 12.5 Å². The van der Waals surface area contributed by atoms with Gasteiger partial charge in [0.2, 0.25) is 0 Å². The molecule has 0 bridgehead atoms. The predicted molar refractivity (Wildman–Crippen MR) is 102 cm³/mol. The van der Waals surface area contributed by atoms with Gasteiger partial charge in [0, 0.05) is 56.4 Å². The number of nitro groups is 1. The Balaban J connectivity index is 1.42. The number of piperazine rings is 1. The number of fused-ring (bicyclic) bond motifs is 1. The molecule has 3 aromatic heterocycles. The zero-order valence-electron chi connectivity index (χ0n) is 14.7. The summed E-state index contributed by atoms with van der Waals surface area (Å²) in [6.45, 7) is 5.63. The Morgan fingerprint density at radius 2 is 2.04 bits per heavy atom. The molecule has 0 spiro atoms. The van der Waals surface area contributed by atoms with Crippen molar-refractivity contribution in [2.45, 2.75) is 13.5 Å². The number of hydrogen-bond acceptors (Lipinski definition) is 8. The zero-order chi connectivity index (χ0) is 19.0. The van der Waals surface area contributed by atoms with Crippen molar-refractivity contribution in [3.05, 3.63) is 61.6 Å². The topological polar surface area (TPSA) is 96.9 Å².